The Bertz CT molecular complexity index is 462. The highest BCUT2D eigenvalue weighted by atomic mass is 16.5. The molecule has 0 saturated heterocycles. The van der Waals surface area contributed by atoms with Gasteiger partial charge in [0, 0.05) is 0 Å². The zero-order valence-corrected chi connectivity index (χ0v) is 12.7. The first-order valence-corrected chi connectivity index (χ1v) is 7.63. The van der Waals surface area contributed by atoms with Crippen LogP contribution in [0.3, 0.4) is 0 Å². The molecule has 4 heteroatoms. The van der Waals surface area contributed by atoms with Crippen molar-refractivity contribution < 1.29 is 19.4 Å². The largest absolute Gasteiger partial charge is 0.490 e. The highest BCUT2D eigenvalue weighted by molar-refractivity contribution is 5.90. The van der Waals surface area contributed by atoms with Gasteiger partial charge in [0.15, 0.2) is 0 Å². The molecule has 4 nitrogen and oxygen atoms in total. The molecule has 0 bridgehead atoms. The van der Waals surface area contributed by atoms with E-state index < -0.39 is 5.97 Å². The Balaban J connectivity index is 1.76. The number of rotatable bonds is 6. The summed E-state index contributed by atoms with van der Waals surface area (Å²) in [5, 5.41) is 9.07. The van der Waals surface area contributed by atoms with Gasteiger partial charge in [0.25, 0.3) is 0 Å². The summed E-state index contributed by atoms with van der Waals surface area (Å²) in [4.78, 5) is 11.1. The van der Waals surface area contributed by atoms with Crippen molar-refractivity contribution in [2.75, 3.05) is 13.2 Å². The molecule has 0 aromatic heterocycles. The van der Waals surface area contributed by atoms with Crippen LogP contribution in [0.2, 0.25) is 0 Å². The van der Waals surface area contributed by atoms with Crippen molar-refractivity contribution in [3.8, 4) is 5.75 Å². The fourth-order valence-corrected chi connectivity index (χ4v) is 3.14. The average molecular weight is 292 g/mol. The van der Waals surface area contributed by atoms with Crippen LogP contribution in [0.1, 0.15) is 43.5 Å². The molecule has 2 rings (SSSR count). The highest BCUT2D eigenvalue weighted by Gasteiger charge is 2.24. The van der Waals surface area contributed by atoms with Gasteiger partial charge in [-0.15, -0.1) is 0 Å². The van der Waals surface area contributed by atoms with Gasteiger partial charge in [0.2, 0.25) is 0 Å². The van der Waals surface area contributed by atoms with E-state index in [1.807, 2.05) is 0 Å². The number of carbonyl (C=O) groups is 1. The fourth-order valence-electron chi connectivity index (χ4n) is 3.14. The Morgan fingerprint density at radius 1 is 1.14 bits per heavy atom. The van der Waals surface area contributed by atoms with Gasteiger partial charge in [-0.1, -0.05) is 26.0 Å². The van der Waals surface area contributed by atoms with Crippen molar-refractivity contribution in [3.05, 3.63) is 29.8 Å². The Hall–Kier alpha value is -1.55. The number of para-hydroxylation sites is 1. The molecule has 1 fully saturated rings. The van der Waals surface area contributed by atoms with Gasteiger partial charge in [0.05, 0.1) is 12.7 Å². The van der Waals surface area contributed by atoms with Crippen LogP contribution in [-0.4, -0.2) is 30.4 Å². The summed E-state index contributed by atoms with van der Waals surface area (Å²) in [7, 11) is 0. The van der Waals surface area contributed by atoms with Crippen LogP contribution in [0, 0.1) is 11.8 Å². The van der Waals surface area contributed by atoms with Crippen molar-refractivity contribution in [3.63, 3.8) is 0 Å². The second kappa shape index (κ2) is 7.46. The van der Waals surface area contributed by atoms with Crippen molar-refractivity contribution in [1.29, 1.82) is 0 Å². The molecular formula is C17H24O4. The molecule has 0 spiro atoms. The second-order valence-corrected chi connectivity index (χ2v) is 6.06. The second-order valence-electron chi connectivity index (χ2n) is 6.06. The van der Waals surface area contributed by atoms with E-state index in [2.05, 4.69) is 13.8 Å². The van der Waals surface area contributed by atoms with Crippen molar-refractivity contribution in [2.45, 2.75) is 39.2 Å². The quantitative estimate of drug-likeness (QED) is 0.814. The zero-order valence-electron chi connectivity index (χ0n) is 12.7. The number of ether oxygens (including phenoxy) is 2. The van der Waals surface area contributed by atoms with E-state index in [4.69, 9.17) is 14.6 Å². The van der Waals surface area contributed by atoms with Crippen molar-refractivity contribution in [1.82, 2.24) is 0 Å². The molecular weight excluding hydrogens is 268 g/mol. The topological polar surface area (TPSA) is 55.8 Å². The SMILES string of the molecule is CC1CC(C)CC(OCCOc2ccccc2C(=O)O)C1. The highest BCUT2D eigenvalue weighted by Crippen LogP contribution is 2.30. The van der Waals surface area contributed by atoms with Crippen LogP contribution in [0.25, 0.3) is 0 Å². The number of hydrogen-bond donors (Lipinski definition) is 1. The zero-order chi connectivity index (χ0) is 15.2. The van der Waals surface area contributed by atoms with E-state index in [9.17, 15) is 4.79 Å². The van der Waals surface area contributed by atoms with E-state index in [0.29, 0.717) is 36.9 Å². The molecule has 0 aliphatic heterocycles. The number of aromatic carboxylic acids is 1. The predicted octanol–water partition coefficient (Wildman–Crippen LogP) is 3.60. The third-order valence-electron chi connectivity index (χ3n) is 3.95. The van der Waals surface area contributed by atoms with Gasteiger partial charge in [0.1, 0.15) is 17.9 Å². The van der Waals surface area contributed by atoms with Gasteiger partial charge >= 0.3 is 5.97 Å². The number of carboxylic acids is 1. The predicted molar refractivity (Wildman–Crippen MR) is 80.8 cm³/mol. The van der Waals surface area contributed by atoms with Crippen molar-refractivity contribution in [2.24, 2.45) is 11.8 Å². The lowest BCUT2D eigenvalue weighted by Gasteiger charge is -2.31. The van der Waals surface area contributed by atoms with Crippen molar-refractivity contribution >= 4 is 5.97 Å². The molecule has 1 aliphatic carbocycles. The molecule has 1 N–H and O–H groups in total. The van der Waals surface area contributed by atoms with Gasteiger partial charge in [-0.05, 0) is 43.2 Å². The molecule has 21 heavy (non-hydrogen) atoms. The Labute approximate surface area is 126 Å². The van der Waals surface area contributed by atoms with Crippen LogP contribution >= 0.6 is 0 Å². The van der Waals surface area contributed by atoms with Crippen LogP contribution in [-0.2, 0) is 4.74 Å². The van der Waals surface area contributed by atoms with Gasteiger partial charge in [-0.3, -0.25) is 0 Å². The maximum Gasteiger partial charge on any atom is 0.339 e. The van der Waals surface area contributed by atoms with Crippen LogP contribution < -0.4 is 4.74 Å². The van der Waals surface area contributed by atoms with Gasteiger partial charge in [-0.25, -0.2) is 4.79 Å². The molecule has 2 atom stereocenters. The molecule has 1 saturated carbocycles. The molecule has 0 radical (unpaired) electrons. The normalized spacial score (nSPS) is 25.5. The smallest absolute Gasteiger partial charge is 0.339 e. The number of carboxylic acid groups (broad SMARTS) is 1. The minimum Gasteiger partial charge on any atom is -0.490 e. The average Bonchev–Trinajstić information content (AvgIpc) is 2.43. The van der Waals surface area contributed by atoms with Crippen LogP contribution in [0.4, 0.5) is 0 Å². The Morgan fingerprint density at radius 2 is 1.81 bits per heavy atom. The number of benzene rings is 1. The monoisotopic (exact) mass is 292 g/mol. The molecule has 1 aliphatic rings. The molecule has 0 amide bonds. The lowest BCUT2D eigenvalue weighted by Crippen LogP contribution is -2.27. The van der Waals surface area contributed by atoms with E-state index in [-0.39, 0.29) is 5.56 Å². The number of hydrogen-bond acceptors (Lipinski definition) is 3. The first kappa shape index (κ1) is 15.8. The van der Waals surface area contributed by atoms with Gasteiger partial charge < -0.3 is 14.6 Å². The summed E-state index contributed by atoms with van der Waals surface area (Å²) in [5.41, 5.74) is 0.192. The van der Waals surface area contributed by atoms with Crippen LogP contribution in [0.15, 0.2) is 24.3 Å². The molecule has 1 aromatic rings. The maximum absolute atomic E-state index is 11.1. The van der Waals surface area contributed by atoms with E-state index in [1.165, 1.54) is 6.42 Å². The molecule has 1 aromatic carbocycles. The molecule has 2 unspecified atom stereocenters. The summed E-state index contributed by atoms with van der Waals surface area (Å²) in [6.07, 6.45) is 3.80. The fraction of sp³-hybridized carbons (Fsp3) is 0.588. The summed E-state index contributed by atoms with van der Waals surface area (Å²) in [6, 6.07) is 6.68. The third kappa shape index (κ3) is 4.74. The lowest BCUT2D eigenvalue weighted by atomic mass is 9.82. The molecule has 0 heterocycles. The minimum atomic E-state index is -0.971. The van der Waals surface area contributed by atoms with Crippen LogP contribution in [0.5, 0.6) is 5.75 Å². The summed E-state index contributed by atoms with van der Waals surface area (Å²) in [5.74, 6) is 0.861. The van der Waals surface area contributed by atoms with E-state index >= 15 is 0 Å². The maximum atomic E-state index is 11.1. The third-order valence-corrected chi connectivity index (χ3v) is 3.95. The first-order chi connectivity index (χ1) is 10.1. The van der Waals surface area contributed by atoms with E-state index in [0.717, 1.165) is 12.8 Å². The lowest BCUT2D eigenvalue weighted by molar-refractivity contribution is -0.0108. The first-order valence-electron chi connectivity index (χ1n) is 7.63. The summed E-state index contributed by atoms with van der Waals surface area (Å²) < 4.78 is 11.4. The Morgan fingerprint density at radius 3 is 2.48 bits per heavy atom. The minimum absolute atomic E-state index is 0.192. The summed E-state index contributed by atoms with van der Waals surface area (Å²) in [6.45, 7) is 5.42. The standard InChI is InChI=1S/C17H24O4/c1-12-9-13(2)11-14(10-12)20-7-8-21-16-6-4-3-5-15(16)17(18)19/h3-6,12-14H,7-11H2,1-2H3,(H,18,19). The molecule has 116 valence electrons. The van der Waals surface area contributed by atoms with E-state index in [1.54, 1.807) is 24.3 Å². The summed E-state index contributed by atoms with van der Waals surface area (Å²) >= 11 is 0. The van der Waals surface area contributed by atoms with Gasteiger partial charge in [-0.2, -0.15) is 0 Å². The Kier molecular flexibility index (Phi) is 5.62.